The highest BCUT2D eigenvalue weighted by atomic mass is 16.2. The zero-order chi connectivity index (χ0) is 12.1. The Balaban J connectivity index is 2.83. The number of carbonyl (C=O) groups is 1. The predicted molar refractivity (Wildman–Crippen MR) is 67.7 cm³/mol. The molecule has 1 aromatic rings. The molecule has 0 saturated heterocycles. The number of amides is 1. The molecular formula is C13H20N2O. The quantitative estimate of drug-likeness (QED) is 0.842. The number of hydrogen-bond acceptors (Lipinski definition) is 2. The molecule has 0 spiro atoms. The average Bonchev–Trinajstić information content (AvgIpc) is 2.20. The second-order valence-electron chi connectivity index (χ2n) is 4.25. The Labute approximate surface area is 97.5 Å². The van der Waals surface area contributed by atoms with Crippen LogP contribution in [0.3, 0.4) is 0 Å². The number of benzene rings is 1. The van der Waals surface area contributed by atoms with Gasteiger partial charge in [0.15, 0.2) is 0 Å². The maximum Gasteiger partial charge on any atom is 0.238 e. The first-order valence-corrected chi connectivity index (χ1v) is 5.57. The monoisotopic (exact) mass is 220 g/mol. The van der Waals surface area contributed by atoms with E-state index < -0.39 is 0 Å². The van der Waals surface area contributed by atoms with E-state index in [1.165, 1.54) is 5.56 Å². The molecular weight excluding hydrogens is 200 g/mol. The third kappa shape index (κ3) is 3.35. The maximum absolute atomic E-state index is 11.7. The van der Waals surface area contributed by atoms with Crippen LogP contribution in [-0.4, -0.2) is 31.4 Å². The minimum absolute atomic E-state index is 0.0361. The highest BCUT2D eigenvalue weighted by Gasteiger charge is 2.08. The summed E-state index contributed by atoms with van der Waals surface area (Å²) in [5.74, 6) is 0.0361. The number of carbonyl (C=O) groups excluding carboxylic acids is 1. The van der Waals surface area contributed by atoms with E-state index in [1.807, 2.05) is 38.1 Å². The summed E-state index contributed by atoms with van der Waals surface area (Å²) in [6.07, 6.45) is 0.930. The molecule has 0 aromatic heterocycles. The number of nitrogens with one attached hydrogen (secondary N) is 1. The summed E-state index contributed by atoms with van der Waals surface area (Å²) in [4.78, 5) is 13.6. The van der Waals surface area contributed by atoms with Crippen LogP contribution in [0.5, 0.6) is 0 Å². The first-order valence-electron chi connectivity index (χ1n) is 5.57. The van der Waals surface area contributed by atoms with Gasteiger partial charge < -0.3 is 10.2 Å². The molecule has 1 rings (SSSR count). The molecule has 0 unspecified atom stereocenters. The highest BCUT2D eigenvalue weighted by molar-refractivity contribution is 5.93. The molecule has 0 atom stereocenters. The number of anilines is 1. The van der Waals surface area contributed by atoms with E-state index in [0.29, 0.717) is 6.54 Å². The van der Waals surface area contributed by atoms with Gasteiger partial charge in [-0.15, -0.1) is 0 Å². The highest BCUT2D eigenvalue weighted by Crippen LogP contribution is 2.20. The van der Waals surface area contributed by atoms with Gasteiger partial charge in [-0.3, -0.25) is 4.79 Å². The number of likely N-dealkylation sites (N-methyl/N-ethyl adjacent to an activating group) is 1. The lowest BCUT2D eigenvalue weighted by molar-refractivity contribution is -0.116. The summed E-state index contributed by atoms with van der Waals surface area (Å²) in [6.45, 7) is 4.53. The molecule has 0 aliphatic rings. The van der Waals surface area contributed by atoms with Crippen LogP contribution < -0.4 is 5.32 Å². The van der Waals surface area contributed by atoms with E-state index in [4.69, 9.17) is 0 Å². The Morgan fingerprint density at radius 3 is 2.62 bits per heavy atom. The molecule has 0 aliphatic heterocycles. The lowest BCUT2D eigenvalue weighted by Crippen LogP contribution is -2.27. The second kappa shape index (κ2) is 5.66. The van der Waals surface area contributed by atoms with Crippen LogP contribution in [0.1, 0.15) is 18.1 Å². The molecule has 1 N–H and O–H groups in total. The van der Waals surface area contributed by atoms with Crippen molar-refractivity contribution in [3.05, 3.63) is 29.3 Å². The number of para-hydroxylation sites is 1. The van der Waals surface area contributed by atoms with Crippen LogP contribution in [0.15, 0.2) is 18.2 Å². The fraction of sp³-hybridized carbons (Fsp3) is 0.462. The molecule has 1 amide bonds. The van der Waals surface area contributed by atoms with Gasteiger partial charge in [0.05, 0.1) is 6.54 Å². The van der Waals surface area contributed by atoms with Crippen LogP contribution in [-0.2, 0) is 11.2 Å². The first kappa shape index (κ1) is 12.7. The number of nitrogens with zero attached hydrogens (tertiary/aromatic N) is 1. The minimum Gasteiger partial charge on any atom is -0.324 e. The Morgan fingerprint density at radius 1 is 1.38 bits per heavy atom. The van der Waals surface area contributed by atoms with Gasteiger partial charge in [0.2, 0.25) is 5.91 Å². The zero-order valence-electron chi connectivity index (χ0n) is 10.5. The van der Waals surface area contributed by atoms with Crippen molar-refractivity contribution in [1.82, 2.24) is 4.90 Å². The number of aryl methyl sites for hydroxylation is 2. The Kier molecular flexibility index (Phi) is 4.50. The summed E-state index contributed by atoms with van der Waals surface area (Å²) >= 11 is 0. The maximum atomic E-state index is 11.7. The van der Waals surface area contributed by atoms with E-state index in [-0.39, 0.29) is 5.91 Å². The smallest absolute Gasteiger partial charge is 0.238 e. The van der Waals surface area contributed by atoms with Crippen molar-refractivity contribution in [3.8, 4) is 0 Å². The van der Waals surface area contributed by atoms with E-state index in [9.17, 15) is 4.79 Å². The summed E-state index contributed by atoms with van der Waals surface area (Å²) < 4.78 is 0. The fourth-order valence-corrected chi connectivity index (χ4v) is 1.67. The normalized spacial score (nSPS) is 10.6. The van der Waals surface area contributed by atoms with Crippen LogP contribution in [0.2, 0.25) is 0 Å². The minimum atomic E-state index is 0.0361. The summed E-state index contributed by atoms with van der Waals surface area (Å²) in [7, 11) is 3.77. The molecule has 3 nitrogen and oxygen atoms in total. The largest absolute Gasteiger partial charge is 0.324 e. The van der Waals surface area contributed by atoms with Crippen molar-refractivity contribution in [2.75, 3.05) is 26.0 Å². The van der Waals surface area contributed by atoms with Gasteiger partial charge >= 0.3 is 0 Å². The Morgan fingerprint density at radius 2 is 2.06 bits per heavy atom. The molecule has 16 heavy (non-hydrogen) atoms. The standard InChI is InChI=1S/C13H20N2O/c1-5-11-8-6-7-10(2)13(11)14-12(16)9-15(3)4/h6-8H,5,9H2,1-4H3,(H,14,16). The van der Waals surface area contributed by atoms with Crippen molar-refractivity contribution < 1.29 is 4.79 Å². The van der Waals surface area contributed by atoms with E-state index in [2.05, 4.69) is 18.3 Å². The van der Waals surface area contributed by atoms with Crippen LogP contribution >= 0.6 is 0 Å². The fourth-order valence-electron chi connectivity index (χ4n) is 1.67. The zero-order valence-corrected chi connectivity index (χ0v) is 10.5. The first-order chi connectivity index (χ1) is 7.54. The second-order valence-corrected chi connectivity index (χ2v) is 4.25. The molecule has 3 heteroatoms. The Hall–Kier alpha value is -1.35. The topological polar surface area (TPSA) is 32.3 Å². The third-order valence-corrected chi connectivity index (χ3v) is 2.46. The van der Waals surface area contributed by atoms with E-state index in [0.717, 1.165) is 17.7 Å². The van der Waals surface area contributed by atoms with Crippen molar-refractivity contribution in [2.45, 2.75) is 20.3 Å². The van der Waals surface area contributed by atoms with Crippen LogP contribution in [0, 0.1) is 6.92 Å². The molecule has 0 heterocycles. The van der Waals surface area contributed by atoms with Gasteiger partial charge in [-0.05, 0) is 38.6 Å². The van der Waals surface area contributed by atoms with Crippen molar-refractivity contribution >= 4 is 11.6 Å². The lowest BCUT2D eigenvalue weighted by atomic mass is 10.1. The molecule has 0 bridgehead atoms. The molecule has 0 radical (unpaired) electrons. The third-order valence-electron chi connectivity index (χ3n) is 2.46. The van der Waals surface area contributed by atoms with Gasteiger partial charge in [-0.1, -0.05) is 25.1 Å². The molecule has 0 saturated carbocycles. The SMILES string of the molecule is CCc1cccc(C)c1NC(=O)CN(C)C. The van der Waals surface area contributed by atoms with Crippen LogP contribution in [0.4, 0.5) is 5.69 Å². The van der Waals surface area contributed by atoms with Gasteiger partial charge in [0.25, 0.3) is 0 Å². The van der Waals surface area contributed by atoms with Gasteiger partial charge in [-0.25, -0.2) is 0 Å². The Bertz CT molecular complexity index is 372. The number of hydrogen-bond donors (Lipinski definition) is 1. The van der Waals surface area contributed by atoms with Gasteiger partial charge in [0.1, 0.15) is 0 Å². The predicted octanol–water partition coefficient (Wildman–Crippen LogP) is 2.06. The molecule has 0 fully saturated rings. The number of rotatable bonds is 4. The van der Waals surface area contributed by atoms with Gasteiger partial charge in [0, 0.05) is 5.69 Å². The molecule has 0 aliphatic carbocycles. The van der Waals surface area contributed by atoms with Crippen molar-refractivity contribution in [1.29, 1.82) is 0 Å². The van der Waals surface area contributed by atoms with Crippen LogP contribution in [0.25, 0.3) is 0 Å². The lowest BCUT2D eigenvalue weighted by Gasteiger charge is -2.14. The molecule has 1 aromatic carbocycles. The van der Waals surface area contributed by atoms with Crippen molar-refractivity contribution in [2.24, 2.45) is 0 Å². The summed E-state index contributed by atoms with van der Waals surface area (Å²) in [5.41, 5.74) is 3.27. The molecule has 88 valence electrons. The summed E-state index contributed by atoms with van der Waals surface area (Å²) in [6, 6.07) is 6.10. The van der Waals surface area contributed by atoms with Gasteiger partial charge in [-0.2, -0.15) is 0 Å². The van der Waals surface area contributed by atoms with E-state index in [1.54, 1.807) is 0 Å². The average molecular weight is 220 g/mol. The van der Waals surface area contributed by atoms with Crippen molar-refractivity contribution in [3.63, 3.8) is 0 Å². The van der Waals surface area contributed by atoms with E-state index >= 15 is 0 Å². The summed E-state index contributed by atoms with van der Waals surface area (Å²) in [5, 5.41) is 2.98.